The lowest BCUT2D eigenvalue weighted by Gasteiger charge is -2.06. The highest BCUT2D eigenvalue weighted by atomic mass is 35.5. The lowest BCUT2D eigenvalue weighted by Crippen LogP contribution is -2.31. The molecule has 0 radical (unpaired) electrons. The molecule has 0 aliphatic heterocycles. The van der Waals surface area contributed by atoms with Gasteiger partial charge in [-0.05, 0) is 31.2 Å². The lowest BCUT2D eigenvalue weighted by atomic mass is 10.1. The van der Waals surface area contributed by atoms with Gasteiger partial charge in [-0.25, -0.2) is 0 Å². The number of rotatable bonds is 6. The summed E-state index contributed by atoms with van der Waals surface area (Å²) in [6.07, 6.45) is 0. The fourth-order valence-electron chi connectivity index (χ4n) is 1.69. The zero-order valence-electron chi connectivity index (χ0n) is 12.3. The number of carbonyl (C=O) groups is 3. The lowest BCUT2D eigenvalue weighted by molar-refractivity contribution is -0.141. The number of aryl methyl sites for hydroxylation is 1. The Balaban J connectivity index is 1.75. The van der Waals surface area contributed by atoms with Crippen LogP contribution in [0.15, 0.2) is 36.4 Å². The van der Waals surface area contributed by atoms with Gasteiger partial charge in [-0.3, -0.25) is 14.4 Å². The van der Waals surface area contributed by atoms with E-state index in [1.165, 1.54) is 0 Å². The smallest absolute Gasteiger partial charge is 0.325 e. The van der Waals surface area contributed by atoms with Gasteiger partial charge in [0, 0.05) is 5.56 Å². The number of esters is 1. The van der Waals surface area contributed by atoms with Crippen molar-refractivity contribution in [1.29, 1.82) is 0 Å². The highest BCUT2D eigenvalue weighted by Gasteiger charge is 2.13. The van der Waals surface area contributed by atoms with Crippen molar-refractivity contribution in [3.8, 4) is 0 Å². The topological polar surface area (TPSA) is 72.5 Å². The minimum Gasteiger partial charge on any atom is -0.456 e. The summed E-state index contributed by atoms with van der Waals surface area (Å²) < 4.78 is 5.32. The van der Waals surface area contributed by atoms with Gasteiger partial charge in [0.1, 0.15) is 6.54 Å². The molecule has 7 heteroatoms. The molecule has 120 valence electrons. The van der Waals surface area contributed by atoms with Gasteiger partial charge in [0.15, 0.2) is 6.61 Å². The molecule has 1 heterocycles. The van der Waals surface area contributed by atoms with Crippen LogP contribution in [0.5, 0.6) is 0 Å². The highest BCUT2D eigenvalue weighted by Crippen LogP contribution is 2.21. The number of Topliss-reactive ketones (excluding diaryl/α,β-unsaturated/α-hetero) is 1. The predicted molar refractivity (Wildman–Crippen MR) is 88.1 cm³/mol. The first-order chi connectivity index (χ1) is 11.0. The third-order valence-corrected chi connectivity index (χ3v) is 4.19. The van der Waals surface area contributed by atoms with Crippen LogP contribution in [0.1, 0.15) is 25.6 Å². The van der Waals surface area contributed by atoms with E-state index in [0.29, 0.717) is 14.8 Å². The van der Waals surface area contributed by atoms with Gasteiger partial charge in [0.25, 0.3) is 5.91 Å². The zero-order valence-corrected chi connectivity index (χ0v) is 13.9. The van der Waals surface area contributed by atoms with E-state index in [4.69, 9.17) is 16.3 Å². The van der Waals surface area contributed by atoms with Crippen LogP contribution in [0.4, 0.5) is 0 Å². The Labute approximate surface area is 142 Å². The van der Waals surface area contributed by atoms with Crippen LogP contribution in [0.25, 0.3) is 0 Å². The Morgan fingerprint density at radius 1 is 1.13 bits per heavy atom. The molecule has 2 rings (SSSR count). The number of hydrogen-bond acceptors (Lipinski definition) is 5. The van der Waals surface area contributed by atoms with Crippen LogP contribution in [0, 0.1) is 6.92 Å². The van der Waals surface area contributed by atoms with Crippen LogP contribution in [-0.2, 0) is 9.53 Å². The van der Waals surface area contributed by atoms with Crippen LogP contribution in [0.2, 0.25) is 4.34 Å². The quantitative estimate of drug-likeness (QED) is 0.641. The van der Waals surface area contributed by atoms with Gasteiger partial charge in [-0.15, -0.1) is 11.3 Å². The summed E-state index contributed by atoms with van der Waals surface area (Å²) in [5.41, 5.74) is 1.49. The molecule has 0 saturated carbocycles. The molecular weight excluding hydrogens is 338 g/mol. The molecule has 23 heavy (non-hydrogen) atoms. The predicted octanol–water partition coefficient (Wildman–Crippen LogP) is 2.87. The van der Waals surface area contributed by atoms with Gasteiger partial charge < -0.3 is 10.1 Å². The van der Waals surface area contributed by atoms with E-state index in [9.17, 15) is 14.4 Å². The second-order valence-electron chi connectivity index (χ2n) is 4.74. The summed E-state index contributed by atoms with van der Waals surface area (Å²) in [6.45, 7) is 1.23. The minimum absolute atomic E-state index is 0.300. The van der Waals surface area contributed by atoms with Gasteiger partial charge >= 0.3 is 5.97 Å². The van der Waals surface area contributed by atoms with E-state index in [1.807, 2.05) is 6.92 Å². The van der Waals surface area contributed by atoms with Gasteiger partial charge in [0.05, 0.1) is 9.21 Å². The summed E-state index contributed by atoms with van der Waals surface area (Å²) in [5.74, 6) is -1.39. The first-order valence-electron chi connectivity index (χ1n) is 6.75. The Morgan fingerprint density at radius 2 is 1.83 bits per heavy atom. The number of benzene rings is 1. The number of thiophene rings is 1. The van der Waals surface area contributed by atoms with E-state index < -0.39 is 5.97 Å². The van der Waals surface area contributed by atoms with Gasteiger partial charge in [-0.1, -0.05) is 29.3 Å². The molecule has 5 nitrogen and oxygen atoms in total. The zero-order chi connectivity index (χ0) is 16.8. The van der Waals surface area contributed by atoms with Crippen molar-refractivity contribution in [2.45, 2.75) is 6.92 Å². The molecule has 0 atom stereocenters. The Kier molecular flexibility index (Phi) is 5.90. The fraction of sp³-hybridized carbons (Fsp3) is 0.188. The monoisotopic (exact) mass is 351 g/mol. The first kappa shape index (κ1) is 17.2. The van der Waals surface area contributed by atoms with Crippen molar-refractivity contribution < 1.29 is 19.1 Å². The second kappa shape index (κ2) is 7.89. The van der Waals surface area contributed by atoms with Crippen LogP contribution in [0.3, 0.4) is 0 Å². The van der Waals surface area contributed by atoms with Crippen molar-refractivity contribution in [3.63, 3.8) is 0 Å². The van der Waals surface area contributed by atoms with E-state index >= 15 is 0 Å². The van der Waals surface area contributed by atoms with E-state index in [0.717, 1.165) is 16.9 Å². The number of amides is 1. The second-order valence-corrected chi connectivity index (χ2v) is 6.45. The standard InChI is InChI=1S/C16H14ClNO4S/c1-10-2-4-11(5-3-10)16(21)18-8-15(20)22-9-12(19)13-6-7-14(17)23-13/h2-7H,8-9H2,1H3,(H,18,21). The fourth-order valence-corrected chi connectivity index (χ4v) is 2.66. The molecule has 0 aliphatic rings. The maximum absolute atomic E-state index is 11.8. The molecule has 0 saturated heterocycles. The van der Waals surface area contributed by atoms with Crippen LogP contribution >= 0.6 is 22.9 Å². The van der Waals surface area contributed by atoms with Crippen LogP contribution < -0.4 is 5.32 Å². The molecule has 0 fully saturated rings. The summed E-state index contributed by atoms with van der Waals surface area (Å²) in [4.78, 5) is 35.5. The number of halogens is 1. The Morgan fingerprint density at radius 3 is 2.43 bits per heavy atom. The molecule has 1 aromatic heterocycles. The third-order valence-electron chi connectivity index (χ3n) is 2.92. The van der Waals surface area contributed by atoms with Crippen molar-refractivity contribution >= 4 is 40.6 Å². The highest BCUT2D eigenvalue weighted by molar-refractivity contribution is 7.18. The van der Waals surface area contributed by atoms with E-state index in [2.05, 4.69) is 5.32 Å². The molecule has 0 bridgehead atoms. The molecule has 1 amide bonds. The molecule has 1 aromatic carbocycles. The maximum Gasteiger partial charge on any atom is 0.325 e. The average Bonchev–Trinajstić information content (AvgIpc) is 2.97. The molecule has 2 aromatic rings. The van der Waals surface area contributed by atoms with Crippen molar-refractivity contribution in [1.82, 2.24) is 5.32 Å². The first-order valence-corrected chi connectivity index (χ1v) is 7.94. The van der Waals surface area contributed by atoms with Gasteiger partial charge in [0.2, 0.25) is 5.78 Å². The van der Waals surface area contributed by atoms with Gasteiger partial charge in [-0.2, -0.15) is 0 Å². The molecule has 0 spiro atoms. The minimum atomic E-state index is -0.679. The van der Waals surface area contributed by atoms with Crippen molar-refractivity contribution in [2.24, 2.45) is 0 Å². The number of ether oxygens (including phenoxy) is 1. The van der Waals surface area contributed by atoms with Crippen molar-refractivity contribution in [3.05, 3.63) is 56.7 Å². The number of nitrogens with one attached hydrogen (secondary N) is 1. The molecule has 1 N–H and O–H groups in total. The SMILES string of the molecule is Cc1ccc(C(=O)NCC(=O)OCC(=O)c2ccc(Cl)s2)cc1. The number of ketones is 1. The summed E-state index contributed by atoms with van der Waals surface area (Å²) in [5, 5.41) is 2.44. The van der Waals surface area contributed by atoms with Crippen LogP contribution in [-0.4, -0.2) is 30.8 Å². The normalized spacial score (nSPS) is 10.2. The number of hydrogen-bond donors (Lipinski definition) is 1. The Bertz CT molecular complexity index is 724. The summed E-state index contributed by atoms with van der Waals surface area (Å²) in [6, 6.07) is 10.1. The number of carbonyl (C=O) groups excluding carboxylic acids is 3. The molecule has 0 aliphatic carbocycles. The third kappa shape index (κ3) is 5.19. The molecule has 0 unspecified atom stereocenters. The van der Waals surface area contributed by atoms with E-state index in [1.54, 1.807) is 36.4 Å². The summed E-state index contributed by atoms with van der Waals surface area (Å²) >= 11 is 6.85. The largest absolute Gasteiger partial charge is 0.456 e. The Hall–Kier alpha value is -2.18. The maximum atomic E-state index is 11.8. The molecular formula is C16H14ClNO4S. The van der Waals surface area contributed by atoms with Crippen molar-refractivity contribution in [2.75, 3.05) is 13.2 Å². The average molecular weight is 352 g/mol. The summed E-state index contributed by atoms with van der Waals surface area (Å²) in [7, 11) is 0. The van der Waals surface area contributed by atoms with E-state index in [-0.39, 0.29) is 24.8 Å².